The van der Waals surface area contributed by atoms with Crippen LogP contribution in [0.5, 0.6) is 11.5 Å². The summed E-state index contributed by atoms with van der Waals surface area (Å²) in [6, 6.07) is 15.5. The van der Waals surface area contributed by atoms with E-state index in [0.717, 1.165) is 24.1 Å². The molecule has 0 aliphatic rings. The number of alkyl carbamates (subject to hydrolysis) is 1. The van der Waals surface area contributed by atoms with Crippen LogP contribution in [0.15, 0.2) is 48.5 Å². The van der Waals surface area contributed by atoms with Crippen molar-refractivity contribution in [2.75, 3.05) is 27.7 Å². The highest BCUT2D eigenvalue weighted by Gasteiger charge is 2.22. The number of methoxy groups -OCH3 is 1. The van der Waals surface area contributed by atoms with Crippen LogP contribution in [-0.2, 0) is 11.3 Å². The van der Waals surface area contributed by atoms with Crippen molar-refractivity contribution in [3.63, 3.8) is 0 Å². The van der Waals surface area contributed by atoms with Gasteiger partial charge in [0.1, 0.15) is 12.2 Å². The largest absolute Gasteiger partial charge is 0.493 e. The lowest BCUT2D eigenvalue weighted by Gasteiger charge is -2.25. The summed E-state index contributed by atoms with van der Waals surface area (Å²) in [5.74, 6) is 1.29. The molecule has 2 aromatic carbocycles. The second kappa shape index (κ2) is 10.9. The maximum Gasteiger partial charge on any atom is 0.408 e. The number of ether oxygens (including phenoxy) is 3. The molecule has 2 rings (SSSR count). The molecule has 1 N–H and O–H groups in total. The van der Waals surface area contributed by atoms with E-state index in [1.54, 1.807) is 7.11 Å². The Morgan fingerprint density at radius 2 is 1.77 bits per heavy atom. The van der Waals surface area contributed by atoms with Crippen molar-refractivity contribution < 1.29 is 19.0 Å². The van der Waals surface area contributed by atoms with E-state index in [1.807, 2.05) is 83.4 Å². The Morgan fingerprint density at radius 1 is 1.07 bits per heavy atom. The summed E-state index contributed by atoms with van der Waals surface area (Å²) in [6.07, 6.45) is 0.300. The first-order valence-corrected chi connectivity index (χ1v) is 10.2. The van der Waals surface area contributed by atoms with Gasteiger partial charge in [-0.05, 0) is 71.1 Å². The molecule has 0 fully saturated rings. The Morgan fingerprint density at radius 3 is 2.37 bits per heavy atom. The van der Waals surface area contributed by atoms with Gasteiger partial charge in [0.05, 0.1) is 13.2 Å². The van der Waals surface area contributed by atoms with E-state index in [0.29, 0.717) is 18.1 Å². The number of hydrogen-bond donors (Lipinski definition) is 1. The number of hydrogen-bond acceptors (Lipinski definition) is 5. The van der Waals surface area contributed by atoms with E-state index in [4.69, 9.17) is 14.2 Å². The van der Waals surface area contributed by atoms with Gasteiger partial charge in [-0.1, -0.05) is 36.4 Å². The molecule has 0 aromatic heterocycles. The van der Waals surface area contributed by atoms with Crippen LogP contribution in [0.3, 0.4) is 0 Å². The van der Waals surface area contributed by atoms with Gasteiger partial charge in [0.15, 0.2) is 11.5 Å². The molecule has 0 aliphatic carbocycles. The van der Waals surface area contributed by atoms with Crippen LogP contribution in [0.1, 0.15) is 44.4 Å². The number of rotatable bonds is 9. The molecule has 6 nitrogen and oxygen atoms in total. The Balaban J connectivity index is 2.16. The van der Waals surface area contributed by atoms with E-state index in [-0.39, 0.29) is 6.04 Å². The quantitative estimate of drug-likeness (QED) is 0.639. The minimum absolute atomic E-state index is 0.209. The average Bonchev–Trinajstić information content (AvgIpc) is 2.68. The number of amides is 1. The molecule has 0 aliphatic heterocycles. The predicted molar refractivity (Wildman–Crippen MR) is 119 cm³/mol. The maximum atomic E-state index is 12.4. The lowest BCUT2D eigenvalue weighted by atomic mass is 10.0. The summed E-state index contributed by atoms with van der Waals surface area (Å²) < 4.78 is 16.9. The van der Waals surface area contributed by atoms with Crippen LogP contribution in [0, 0.1) is 0 Å². The maximum absolute atomic E-state index is 12.4. The highest BCUT2D eigenvalue weighted by molar-refractivity contribution is 5.68. The standard InChI is InChI=1S/C24H34N2O4/c1-24(2,3)30-23(27)25-20(14-15-26(4)5)19-12-13-21(22(16-19)28-6)29-17-18-10-8-7-9-11-18/h7-13,16,20H,14-15,17H2,1-6H3,(H,25,27). The summed E-state index contributed by atoms with van der Waals surface area (Å²) in [5.41, 5.74) is 1.47. The van der Waals surface area contributed by atoms with E-state index in [2.05, 4.69) is 10.2 Å². The van der Waals surface area contributed by atoms with Crippen LogP contribution in [0.4, 0.5) is 4.79 Å². The van der Waals surface area contributed by atoms with Crippen LogP contribution in [0.25, 0.3) is 0 Å². The fourth-order valence-corrected chi connectivity index (χ4v) is 2.91. The zero-order chi connectivity index (χ0) is 22.1. The minimum Gasteiger partial charge on any atom is -0.493 e. The number of nitrogens with one attached hydrogen (secondary N) is 1. The first-order valence-electron chi connectivity index (χ1n) is 10.2. The highest BCUT2D eigenvalue weighted by Crippen LogP contribution is 2.32. The minimum atomic E-state index is -0.553. The molecule has 0 saturated heterocycles. The number of nitrogens with zero attached hydrogens (tertiary/aromatic N) is 1. The number of carbonyl (C=O) groups excluding carboxylic acids is 1. The second-order valence-electron chi connectivity index (χ2n) is 8.48. The molecule has 30 heavy (non-hydrogen) atoms. The van der Waals surface area contributed by atoms with Crippen LogP contribution in [0.2, 0.25) is 0 Å². The zero-order valence-corrected chi connectivity index (χ0v) is 18.9. The molecule has 0 saturated carbocycles. The predicted octanol–water partition coefficient (Wildman–Crippen LogP) is 4.79. The van der Waals surface area contributed by atoms with Crippen molar-refractivity contribution in [2.45, 2.75) is 45.4 Å². The summed E-state index contributed by atoms with van der Waals surface area (Å²) in [6.45, 7) is 6.82. The van der Waals surface area contributed by atoms with Gasteiger partial charge in [-0.25, -0.2) is 4.79 Å². The molecule has 164 valence electrons. The Bertz CT molecular complexity index is 801. The Kier molecular flexibility index (Phi) is 8.54. The van der Waals surface area contributed by atoms with E-state index >= 15 is 0 Å². The monoisotopic (exact) mass is 414 g/mol. The Labute approximate surface area is 180 Å². The number of carbonyl (C=O) groups is 1. The van der Waals surface area contributed by atoms with Gasteiger partial charge in [-0.3, -0.25) is 0 Å². The van der Waals surface area contributed by atoms with Crippen molar-refractivity contribution in [1.29, 1.82) is 0 Å². The van der Waals surface area contributed by atoms with Crippen molar-refractivity contribution in [3.05, 3.63) is 59.7 Å². The summed E-state index contributed by atoms with van der Waals surface area (Å²) in [7, 11) is 5.63. The molecule has 0 radical (unpaired) electrons. The average molecular weight is 415 g/mol. The van der Waals surface area contributed by atoms with Crippen molar-refractivity contribution in [2.24, 2.45) is 0 Å². The summed E-state index contributed by atoms with van der Waals surface area (Å²) in [4.78, 5) is 14.4. The third-order valence-electron chi connectivity index (χ3n) is 4.38. The first-order chi connectivity index (χ1) is 14.2. The van der Waals surface area contributed by atoms with E-state index in [9.17, 15) is 4.79 Å². The molecule has 1 unspecified atom stereocenters. The molecule has 1 atom stereocenters. The van der Waals surface area contributed by atoms with Gasteiger partial charge >= 0.3 is 6.09 Å². The highest BCUT2D eigenvalue weighted by atomic mass is 16.6. The van der Waals surface area contributed by atoms with E-state index in [1.165, 1.54) is 0 Å². The fraction of sp³-hybridized carbons (Fsp3) is 0.458. The third kappa shape index (κ3) is 7.95. The number of benzene rings is 2. The van der Waals surface area contributed by atoms with Gasteiger partial charge in [0.25, 0.3) is 0 Å². The molecular formula is C24H34N2O4. The van der Waals surface area contributed by atoms with Gasteiger partial charge in [0.2, 0.25) is 0 Å². The molecule has 0 spiro atoms. The van der Waals surface area contributed by atoms with Crippen LogP contribution in [-0.4, -0.2) is 44.3 Å². The van der Waals surface area contributed by atoms with Gasteiger partial charge in [-0.2, -0.15) is 0 Å². The van der Waals surface area contributed by atoms with Gasteiger partial charge in [-0.15, -0.1) is 0 Å². The van der Waals surface area contributed by atoms with Gasteiger partial charge < -0.3 is 24.4 Å². The summed E-state index contributed by atoms with van der Waals surface area (Å²) in [5, 5.41) is 2.99. The SMILES string of the molecule is COc1cc(C(CCN(C)C)NC(=O)OC(C)(C)C)ccc1OCc1ccccc1. The molecule has 0 bridgehead atoms. The Hall–Kier alpha value is -2.73. The zero-order valence-electron chi connectivity index (χ0n) is 18.9. The van der Waals surface area contributed by atoms with Crippen LogP contribution < -0.4 is 14.8 Å². The van der Waals surface area contributed by atoms with Crippen LogP contribution >= 0.6 is 0 Å². The third-order valence-corrected chi connectivity index (χ3v) is 4.38. The van der Waals surface area contributed by atoms with Crippen molar-refractivity contribution >= 4 is 6.09 Å². The van der Waals surface area contributed by atoms with E-state index < -0.39 is 11.7 Å². The van der Waals surface area contributed by atoms with Crippen molar-refractivity contribution in [3.8, 4) is 11.5 Å². The fourth-order valence-electron chi connectivity index (χ4n) is 2.91. The smallest absolute Gasteiger partial charge is 0.408 e. The topological polar surface area (TPSA) is 60.0 Å². The molecule has 6 heteroatoms. The van der Waals surface area contributed by atoms with Crippen molar-refractivity contribution in [1.82, 2.24) is 10.2 Å². The normalized spacial score (nSPS) is 12.4. The second-order valence-corrected chi connectivity index (χ2v) is 8.48. The first kappa shape index (κ1) is 23.5. The molecular weight excluding hydrogens is 380 g/mol. The lowest BCUT2D eigenvalue weighted by Crippen LogP contribution is -2.36. The summed E-state index contributed by atoms with van der Waals surface area (Å²) >= 11 is 0. The molecule has 0 heterocycles. The molecule has 1 amide bonds. The molecule has 2 aromatic rings. The lowest BCUT2D eigenvalue weighted by molar-refractivity contribution is 0.0499. The van der Waals surface area contributed by atoms with Gasteiger partial charge in [0, 0.05) is 0 Å².